The zero-order valence-electron chi connectivity index (χ0n) is 14.6. The number of esters is 1. The van der Waals surface area contributed by atoms with E-state index in [0.29, 0.717) is 5.71 Å². The number of hydrogen-bond donors (Lipinski definition) is 1. The summed E-state index contributed by atoms with van der Waals surface area (Å²) < 4.78 is 10.6. The van der Waals surface area contributed by atoms with Gasteiger partial charge in [-0.2, -0.15) is 0 Å². The predicted molar refractivity (Wildman–Crippen MR) is 97.1 cm³/mol. The van der Waals surface area contributed by atoms with E-state index in [4.69, 9.17) is 9.47 Å². The third-order valence-electron chi connectivity index (χ3n) is 4.29. The second kappa shape index (κ2) is 7.82. The van der Waals surface area contributed by atoms with Gasteiger partial charge in [0.15, 0.2) is 0 Å². The van der Waals surface area contributed by atoms with Gasteiger partial charge >= 0.3 is 12.0 Å². The van der Waals surface area contributed by atoms with E-state index in [1.54, 1.807) is 14.0 Å². The second-order valence-corrected chi connectivity index (χ2v) is 6.02. The smallest absolute Gasteiger partial charge is 0.341 e. The molecular weight excluding hydrogens is 332 g/mol. The van der Waals surface area contributed by atoms with Crippen molar-refractivity contribution in [2.75, 3.05) is 7.11 Å². The monoisotopic (exact) mass is 352 g/mol. The number of carbonyl (C=O) groups is 2. The lowest BCUT2D eigenvalue weighted by Crippen LogP contribution is -2.44. The van der Waals surface area contributed by atoms with E-state index in [9.17, 15) is 9.59 Å². The van der Waals surface area contributed by atoms with Crippen molar-refractivity contribution in [3.63, 3.8) is 0 Å². The summed E-state index contributed by atoms with van der Waals surface area (Å²) in [5, 5.41) is 2.76. The topological polar surface area (TPSA) is 77.0 Å². The van der Waals surface area contributed by atoms with Gasteiger partial charge in [-0.15, -0.1) is 0 Å². The fraction of sp³-hybridized carbons (Fsp3) is 0.250. The van der Waals surface area contributed by atoms with Gasteiger partial charge in [-0.1, -0.05) is 42.5 Å². The molecule has 26 heavy (non-hydrogen) atoms. The molecule has 0 spiro atoms. The molecule has 2 amide bonds. The first-order chi connectivity index (χ1) is 12.6. The molecule has 2 aromatic rings. The molecule has 0 saturated carbocycles. The highest BCUT2D eigenvalue weighted by Gasteiger charge is 2.37. The molecule has 1 aliphatic rings. The minimum atomic E-state index is -0.659. The molecule has 3 rings (SSSR count). The zero-order valence-corrected chi connectivity index (χ0v) is 14.6. The minimum absolute atomic E-state index is 0.141. The van der Waals surface area contributed by atoms with Gasteiger partial charge in [0.05, 0.1) is 13.2 Å². The van der Waals surface area contributed by atoms with E-state index in [1.165, 1.54) is 0 Å². The Bertz CT molecular complexity index is 815. The number of benzene rings is 2. The molecule has 0 aliphatic carbocycles. The van der Waals surface area contributed by atoms with Crippen molar-refractivity contribution >= 4 is 17.7 Å². The minimum Gasteiger partial charge on any atom is -0.497 e. The van der Waals surface area contributed by atoms with Crippen molar-refractivity contribution in [3.05, 3.63) is 65.7 Å². The molecular formula is C20H20N2O4. The standard InChI is InChI=1S/C20H20N2O4/c1-13-17(18(22-20(24)21-13)15-6-4-3-5-7-15)19(23)26-12-14-8-10-16(25-2)11-9-14/h3-11,17-18H,12H2,1-2H3,(H,22,24)/t17?,18-/m0/s1. The van der Waals surface area contributed by atoms with Crippen molar-refractivity contribution in [2.45, 2.75) is 19.6 Å². The first-order valence-corrected chi connectivity index (χ1v) is 8.28. The first kappa shape index (κ1) is 17.7. The van der Waals surface area contributed by atoms with Crippen LogP contribution in [0.4, 0.5) is 4.79 Å². The van der Waals surface area contributed by atoms with Gasteiger partial charge in [0.25, 0.3) is 0 Å². The molecule has 0 saturated heterocycles. The van der Waals surface area contributed by atoms with Crippen LogP contribution in [0.25, 0.3) is 0 Å². The highest BCUT2D eigenvalue weighted by atomic mass is 16.5. The molecule has 0 aromatic heterocycles. The Hall–Kier alpha value is -3.15. The summed E-state index contributed by atoms with van der Waals surface area (Å²) in [7, 11) is 1.60. The molecule has 1 heterocycles. The third kappa shape index (κ3) is 3.91. The van der Waals surface area contributed by atoms with Crippen molar-refractivity contribution in [1.29, 1.82) is 0 Å². The van der Waals surface area contributed by atoms with Crippen molar-refractivity contribution < 1.29 is 19.1 Å². The van der Waals surface area contributed by atoms with Gasteiger partial charge in [0.1, 0.15) is 18.3 Å². The highest BCUT2D eigenvalue weighted by Crippen LogP contribution is 2.28. The third-order valence-corrected chi connectivity index (χ3v) is 4.29. The lowest BCUT2D eigenvalue weighted by atomic mass is 9.88. The fourth-order valence-corrected chi connectivity index (χ4v) is 2.93. The number of nitrogens with one attached hydrogen (secondary N) is 1. The van der Waals surface area contributed by atoms with Crippen LogP contribution in [0.2, 0.25) is 0 Å². The van der Waals surface area contributed by atoms with Gasteiger partial charge in [0.2, 0.25) is 0 Å². The highest BCUT2D eigenvalue weighted by molar-refractivity contribution is 6.08. The van der Waals surface area contributed by atoms with E-state index >= 15 is 0 Å². The number of urea groups is 1. The summed E-state index contributed by atoms with van der Waals surface area (Å²) in [5.41, 5.74) is 2.13. The van der Waals surface area contributed by atoms with Crippen molar-refractivity contribution in [2.24, 2.45) is 10.9 Å². The number of rotatable bonds is 5. The number of aliphatic imine (C=N–C) groups is 1. The summed E-state index contributed by atoms with van der Waals surface area (Å²) in [6.45, 7) is 1.82. The molecule has 2 atom stereocenters. The quantitative estimate of drug-likeness (QED) is 0.838. The van der Waals surface area contributed by atoms with E-state index in [0.717, 1.165) is 16.9 Å². The SMILES string of the molecule is COc1ccc(COC(=O)C2C(C)=NC(=O)N[C@H]2c2ccccc2)cc1. The summed E-state index contributed by atoms with van der Waals surface area (Å²) in [6, 6.07) is 15.7. The van der Waals surface area contributed by atoms with Gasteiger partial charge in [-0.3, -0.25) is 4.79 Å². The van der Waals surface area contributed by atoms with Crippen LogP contribution < -0.4 is 10.1 Å². The van der Waals surface area contributed by atoms with Crippen LogP contribution in [0.15, 0.2) is 59.6 Å². The Balaban J connectivity index is 1.75. The average molecular weight is 352 g/mol. The molecule has 1 N–H and O–H groups in total. The van der Waals surface area contributed by atoms with Crippen LogP contribution in [0.3, 0.4) is 0 Å². The maximum absolute atomic E-state index is 12.7. The summed E-state index contributed by atoms with van der Waals surface area (Å²) in [6.07, 6.45) is 0. The lowest BCUT2D eigenvalue weighted by Gasteiger charge is -2.29. The number of nitrogens with zero attached hydrogens (tertiary/aromatic N) is 1. The van der Waals surface area contributed by atoms with Crippen LogP contribution in [-0.4, -0.2) is 24.8 Å². The van der Waals surface area contributed by atoms with Crippen LogP contribution in [0.1, 0.15) is 24.1 Å². The molecule has 0 radical (unpaired) electrons. The van der Waals surface area contributed by atoms with Crippen LogP contribution in [0.5, 0.6) is 5.75 Å². The van der Waals surface area contributed by atoms with Crippen molar-refractivity contribution in [3.8, 4) is 5.75 Å². The molecule has 0 fully saturated rings. The van der Waals surface area contributed by atoms with E-state index < -0.39 is 24.0 Å². The maximum Gasteiger partial charge on any atom is 0.341 e. The maximum atomic E-state index is 12.7. The number of methoxy groups -OCH3 is 1. The van der Waals surface area contributed by atoms with Crippen LogP contribution >= 0.6 is 0 Å². The van der Waals surface area contributed by atoms with Crippen LogP contribution in [0, 0.1) is 5.92 Å². The normalized spacial score (nSPS) is 19.3. The number of hydrogen-bond acceptors (Lipinski definition) is 4. The Kier molecular flexibility index (Phi) is 5.31. The number of amides is 2. The van der Waals surface area contributed by atoms with E-state index in [2.05, 4.69) is 10.3 Å². The molecule has 2 aromatic carbocycles. The average Bonchev–Trinajstić information content (AvgIpc) is 2.66. The largest absolute Gasteiger partial charge is 0.497 e. The second-order valence-electron chi connectivity index (χ2n) is 6.02. The summed E-state index contributed by atoms with van der Waals surface area (Å²) in [5.74, 6) is -0.341. The molecule has 1 aliphatic heterocycles. The van der Waals surface area contributed by atoms with E-state index in [1.807, 2.05) is 54.6 Å². The Labute approximate surface area is 151 Å². The molecule has 6 nitrogen and oxygen atoms in total. The zero-order chi connectivity index (χ0) is 18.5. The fourth-order valence-electron chi connectivity index (χ4n) is 2.93. The van der Waals surface area contributed by atoms with Crippen molar-refractivity contribution in [1.82, 2.24) is 5.32 Å². The molecule has 0 bridgehead atoms. The van der Waals surface area contributed by atoms with Gasteiger partial charge < -0.3 is 14.8 Å². The van der Waals surface area contributed by atoms with Gasteiger partial charge in [0, 0.05) is 5.71 Å². The Morgan fingerprint density at radius 2 is 1.81 bits per heavy atom. The molecule has 1 unspecified atom stereocenters. The Morgan fingerprint density at radius 1 is 1.12 bits per heavy atom. The van der Waals surface area contributed by atoms with E-state index in [-0.39, 0.29) is 6.61 Å². The van der Waals surface area contributed by atoms with Gasteiger partial charge in [-0.25, -0.2) is 9.79 Å². The van der Waals surface area contributed by atoms with Crippen LogP contribution in [-0.2, 0) is 16.1 Å². The van der Waals surface area contributed by atoms with Gasteiger partial charge in [-0.05, 0) is 30.2 Å². The molecule has 6 heteroatoms. The first-order valence-electron chi connectivity index (χ1n) is 8.28. The lowest BCUT2D eigenvalue weighted by molar-refractivity contribution is -0.148. The number of carbonyl (C=O) groups excluding carboxylic acids is 2. The Morgan fingerprint density at radius 3 is 2.46 bits per heavy atom. The number of ether oxygens (including phenoxy) is 2. The predicted octanol–water partition coefficient (Wildman–Crippen LogP) is 3.28. The summed E-state index contributed by atoms with van der Waals surface area (Å²) >= 11 is 0. The summed E-state index contributed by atoms with van der Waals surface area (Å²) in [4.78, 5) is 28.4. The molecule has 134 valence electrons.